The normalized spacial score (nSPS) is 20.0. The summed E-state index contributed by atoms with van der Waals surface area (Å²) in [5.41, 5.74) is 2.92. The number of hydrogen-bond acceptors (Lipinski definition) is 3. The quantitative estimate of drug-likeness (QED) is 0.675. The number of rotatable bonds is 4. The van der Waals surface area contributed by atoms with Gasteiger partial charge in [-0.15, -0.1) is 11.8 Å². The summed E-state index contributed by atoms with van der Waals surface area (Å²) in [5, 5.41) is 2.96. The Morgan fingerprint density at radius 3 is 2.68 bits per heavy atom. The predicted octanol–water partition coefficient (Wildman–Crippen LogP) is 3.53. The predicted molar refractivity (Wildman–Crippen MR) is 102 cm³/mol. The highest BCUT2D eigenvalue weighted by Gasteiger charge is 2.44. The molecule has 1 heterocycles. The zero-order valence-electron chi connectivity index (χ0n) is 14.7. The van der Waals surface area contributed by atoms with Gasteiger partial charge in [-0.05, 0) is 30.9 Å². The van der Waals surface area contributed by atoms with Gasteiger partial charge in [0.15, 0.2) is 0 Å². The molecule has 5 heteroatoms. The number of thioether (sulfide) groups is 1. The zero-order chi connectivity index (χ0) is 18.0. The van der Waals surface area contributed by atoms with Gasteiger partial charge < -0.3 is 10.2 Å². The van der Waals surface area contributed by atoms with Crippen molar-refractivity contribution >= 4 is 29.3 Å². The molecule has 0 radical (unpaired) electrons. The summed E-state index contributed by atoms with van der Waals surface area (Å²) in [7, 11) is 1.76. The number of anilines is 1. The van der Waals surface area contributed by atoms with E-state index in [0.29, 0.717) is 6.54 Å². The summed E-state index contributed by atoms with van der Waals surface area (Å²) >= 11 is 1.57. The number of benzene rings is 2. The smallest absolute Gasteiger partial charge is 0.237 e. The number of carbonyl (C=O) groups is 2. The van der Waals surface area contributed by atoms with E-state index in [1.807, 2.05) is 55.6 Å². The topological polar surface area (TPSA) is 49.4 Å². The van der Waals surface area contributed by atoms with Crippen molar-refractivity contribution in [3.63, 3.8) is 0 Å². The summed E-state index contributed by atoms with van der Waals surface area (Å²) in [4.78, 5) is 28.2. The third-order valence-electron chi connectivity index (χ3n) is 4.63. The highest BCUT2D eigenvalue weighted by molar-refractivity contribution is 7.98. The van der Waals surface area contributed by atoms with Crippen LogP contribution in [0.5, 0.6) is 0 Å². The van der Waals surface area contributed by atoms with Crippen molar-refractivity contribution in [1.82, 2.24) is 4.90 Å². The molecule has 4 nitrogen and oxygen atoms in total. The van der Waals surface area contributed by atoms with Gasteiger partial charge in [-0.3, -0.25) is 9.59 Å². The molecular formula is C20H22N2O2S. The molecule has 0 aromatic heterocycles. The van der Waals surface area contributed by atoms with Crippen LogP contribution in [0.4, 0.5) is 5.69 Å². The molecule has 0 aliphatic carbocycles. The van der Waals surface area contributed by atoms with Crippen LogP contribution in [0.1, 0.15) is 17.0 Å². The Morgan fingerprint density at radius 2 is 1.96 bits per heavy atom. The van der Waals surface area contributed by atoms with Crippen molar-refractivity contribution in [2.75, 3.05) is 25.2 Å². The van der Waals surface area contributed by atoms with E-state index in [1.54, 1.807) is 23.7 Å². The first-order valence-electron chi connectivity index (χ1n) is 8.26. The maximum Gasteiger partial charge on any atom is 0.237 e. The Labute approximate surface area is 152 Å². The van der Waals surface area contributed by atoms with E-state index in [9.17, 15) is 9.59 Å². The Bertz CT molecular complexity index is 806. The first kappa shape index (κ1) is 17.5. The minimum Gasteiger partial charge on any atom is -0.344 e. The molecule has 2 amide bonds. The highest BCUT2D eigenvalue weighted by Crippen LogP contribution is 2.35. The Hall–Kier alpha value is -2.27. The molecular weight excluding hydrogens is 332 g/mol. The largest absolute Gasteiger partial charge is 0.344 e. The number of hydrogen-bond donors (Lipinski definition) is 1. The van der Waals surface area contributed by atoms with Gasteiger partial charge in [-0.2, -0.15) is 0 Å². The summed E-state index contributed by atoms with van der Waals surface area (Å²) in [6.07, 6.45) is 1.97. The van der Waals surface area contributed by atoms with Crippen LogP contribution in [0.25, 0.3) is 0 Å². The molecule has 0 spiro atoms. The number of para-hydroxylation sites is 1. The molecule has 3 rings (SSSR count). The molecule has 2 aromatic rings. The second kappa shape index (κ2) is 7.31. The van der Waals surface area contributed by atoms with E-state index in [4.69, 9.17) is 0 Å². The number of amides is 2. The van der Waals surface area contributed by atoms with E-state index < -0.39 is 5.92 Å². The van der Waals surface area contributed by atoms with Crippen molar-refractivity contribution in [3.05, 3.63) is 59.7 Å². The summed E-state index contributed by atoms with van der Waals surface area (Å²) in [6.45, 7) is 2.58. The number of likely N-dealkylation sites (N-methyl/N-ethyl adjacent to an activating group) is 1. The van der Waals surface area contributed by atoms with Crippen molar-refractivity contribution in [1.29, 1.82) is 0 Å². The van der Waals surface area contributed by atoms with Crippen molar-refractivity contribution < 1.29 is 9.59 Å². The molecule has 1 fully saturated rings. The summed E-state index contributed by atoms with van der Waals surface area (Å²) in [5.74, 6) is -1.17. The lowest BCUT2D eigenvalue weighted by Gasteiger charge is -2.18. The maximum atomic E-state index is 12.9. The van der Waals surface area contributed by atoms with Crippen LogP contribution in [0.3, 0.4) is 0 Å². The van der Waals surface area contributed by atoms with E-state index in [2.05, 4.69) is 11.4 Å². The van der Waals surface area contributed by atoms with E-state index >= 15 is 0 Å². The Balaban J connectivity index is 1.89. The Morgan fingerprint density at radius 1 is 1.20 bits per heavy atom. The first-order valence-corrected chi connectivity index (χ1v) is 9.49. The Kier molecular flexibility index (Phi) is 5.13. The molecule has 1 N–H and O–H groups in total. The molecule has 2 aromatic carbocycles. The SMILES string of the molecule is CSc1ccccc1NC(=O)[C@H]1C(=O)N(C)C[C@@H]1c1cccc(C)c1. The molecule has 1 aliphatic heterocycles. The average Bonchev–Trinajstić information content (AvgIpc) is 2.90. The van der Waals surface area contributed by atoms with Crippen LogP contribution in [0.15, 0.2) is 53.4 Å². The van der Waals surface area contributed by atoms with Crippen LogP contribution in [-0.2, 0) is 9.59 Å². The fourth-order valence-corrected chi connectivity index (χ4v) is 3.91. The molecule has 0 bridgehead atoms. The van der Waals surface area contributed by atoms with Gasteiger partial charge in [0, 0.05) is 24.4 Å². The number of aryl methyl sites for hydroxylation is 1. The number of carbonyl (C=O) groups excluding carboxylic acids is 2. The third kappa shape index (κ3) is 3.56. The minimum atomic E-state index is -0.693. The monoisotopic (exact) mass is 354 g/mol. The molecule has 25 heavy (non-hydrogen) atoms. The zero-order valence-corrected chi connectivity index (χ0v) is 15.5. The van der Waals surface area contributed by atoms with Gasteiger partial charge in [0.25, 0.3) is 0 Å². The van der Waals surface area contributed by atoms with E-state index in [-0.39, 0.29) is 17.7 Å². The molecule has 0 unspecified atom stereocenters. The van der Waals surface area contributed by atoms with Crippen LogP contribution >= 0.6 is 11.8 Å². The fourth-order valence-electron chi connectivity index (χ4n) is 3.35. The van der Waals surface area contributed by atoms with Crippen LogP contribution < -0.4 is 5.32 Å². The second-order valence-corrected chi connectivity index (χ2v) is 7.25. The standard InChI is InChI=1S/C20H22N2O2S/c1-13-7-6-8-14(11-13)15-12-22(2)20(24)18(15)19(23)21-16-9-4-5-10-17(16)25-3/h4-11,15,18H,12H2,1-3H3,(H,21,23)/t15-,18+/m1/s1. The van der Waals surface area contributed by atoms with Gasteiger partial charge >= 0.3 is 0 Å². The lowest BCUT2D eigenvalue weighted by atomic mass is 9.87. The van der Waals surface area contributed by atoms with Gasteiger partial charge in [0.2, 0.25) is 11.8 Å². The number of nitrogens with one attached hydrogen (secondary N) is 1. The van der Waals surface area contributed by atoms with Crippen LogP contribution in [0, 0.1) is 12.8 Å². The maximum absolute atomic E-state index is 12.9. The van der Waals surface area contributed by atoms with Gasteiger partial charge in [0.1, 0.15) is 5.92 Å². The average molecular weight is 354 g/mol. The third-order valence-corrected chi connectivity index (χ3v) is 5.43. The fraction of sp³-hybridized carbons (Fsp3) is 0.300. The lowest BCUT2D eigenvalue weighted by Crippen LogP contribution is -2.32. The molecule has 2 atom stereocenters. The summed E-state index contributed by atoms with van der Waals surface area (Å²) < 4.78 is 0. The minimum absolute atomic E-state index is 0.120. The van der Waals surface area contributed by atoms with Crippen molar-refractivity contribution in [2.24, 2.45) is 5.92 Å². The second-order valence-electron chi connectivity index (χ2n) is 6.41. The van der Waals surface area contributed by atoms with Crippen LogP contribution in [0.2, 0.25) is 0 Å². The first-order chi connectivity index (χ1) is 12.0. The van der Waals surface area contributed by atoms with E-state index in [0.717, 1.165) is 21.7 Å². The van der Waals surface area contributed by atoms with Gasteiger partial charge in [-0.1, -0.05) is 42.0 Å². The van der Waals surface area contributed by atoms with Crippen molar-refractivity contribution in [3.8, 4) is 0 Å². The van der Waals surface area contributed by atoms with Gasteiger partial charge in [-0.25, -0.2) is 0 Å². The molecule has 130 valence electrons. The van der Waals surface area contributed by atoms with E-state index in [1.165, 1.54) is 0 Å². The molecule has 1 aliphatic rings. The number of nitrogens with zero attached hydrogens (tertiary/aromatic N) is 1. The lowest BCUT2D eigenvalue weighted by molar-refractivity contribution is -0.135. The number of likely N-dealkylation sites (tertiary alicyclic amines) is 1. The molecule has 0 saturated carbocycles. The summed E-state index contributed by atoms with van der Waals surface area (Å²) in [6, 6.07) is 15.7. The van der Waals surface area contributed by atoms with Crippen molar-refractivity contribution in [2.45, 2.75) is 17.7 Å². The van der Waals surface area contributed by atoms with Gasteiger partial charge in [0.05, 0.1) is 5.69 Å². The van der Waals surface area contributed by atoms with Crippen LogP contribution in [-0.4, -0.2) is 36.6 Å². The molecule has 1 saturated heterocycles. The highest BCUT2D eigenvalue weighted by atomic mass is 32.2.